The van der Waals surface area contributed by atoms with E-state index in [0.29, 0.717) is 0 Å². The summed E-state index contributed by atoms with van der Waals surface area (Å²) >= 11 is 1.74. The van der Waals surface area contributed by atoms with Gasteiger partial charge in [-0.15, -0.1) is 11.3 Å². The second-order valence-electron chi connectivity index (χ2n) is 3.40. The van der Waals surface area contributed by atoms with Crippen LogP contribution < -0.4 is 5.32 Å². The summed E-state index contributed by atoms with van der Waals surface area (Å²) in [5.41, 5.74) is 0.865. The third-order valence-electron chi connectivity index (χ3n) is 2.36. The number of hydrogen-bond donors (Lipinski definition) is 2. The number of fused-ring (bicyclic) bond motifs is 1. The summed E-state index contributed by atoms with van der Waals surface area (Å²) in [4.78, 5) is 12.7. The van der Waals surface area contributed by atoms with Gasteiger partial charge >= 0.3 is 0 Å². The summed E-state index contributed by atoms with van der Waals surface area (Å²) in [5.74, 6) is 0.875. The quantitative estimate of drug-likeness (QED) is 0.727. The molecular weight excluding hydrogens is 220 g/mol. The lowest BCUT2D eigenvalue weighted by Gasteiger charge is -2.04. The van der Waals surface area contributed by atoms with Gasteiger partial charge in [0.25, 0.3) is 0 Å². The van der Waals surface area contributed by atoms with Crippen LogP contribution in [0.15, 0.2) is 36.1 Å². The zero-order chi connectivity index (χ0) is 10.8. The van der Waals surface area contributed by atoms with Crippen LogP contribution in [0.2, 0.25) is 0 Å². The average molecular weight is 230 g/mol. The molecule has 0 amide bonds. The molecule has 80 valence electrons. The van der Waals surface area contributed by atoms with Crippen LogP contribution in [0, 0.1) is 0 Å². The second-order valence-corrected chi connectivity index (χ2v) is 4.43. The maximum atomic E-state index is 4.24. The minimum absolute atomic E-state index is 0.801. The lowest BCUT2D eigenvalue weighted by molar-refractivity contribution is 1.12. The van der Waals surface area contributed by atoms with Crippen LogP contribution in [0.3, 0.4) is 0 Å². The first-order valence-corrected chi connectivity index (χ1v) is 5.86. The number of H-pyrrole nitrogens is 1. The van der Waals surface area contributed by atoms with Gasteiger partial charge in [0.2, 0.25) is 0 Å². The topological polar surface area (TPSA) is 53.6 Å². The van der Waals surface area contributed by atoms with Crippen molar-refractivity contribution in [3.63, 3.8) is 0 Å². The molecule has 0 aliphatic heterocycles. The summed E-state index contributed by atoms with van der Waals surface area (Å²) in [6, 6.07) is 6.13. The molecule has 0 radical (unpaired) electrons. The first-order chi connectivity index (χ1) is 7.93. The summed E-state index contributed by atoms with van der Waals surface area (Å²) < 4.78 is 0. The van der Waals surface area contributed by atoms with Crippen molar-refractivity contribution in [2.24, 2.45) is 0 Å². The molecule has 3 aromatic heterocycles. The highest BCUT2D eigenvalue weighted by atomic mass is 32.1. The Morgan fingerprint density at radius 1 is 1.31 bits per heavy atom. The Labute approximate surface area is 96.4 Å². The summed E-state index contributed by atoms with van der Waals surface area (Å²) in [7, 11) is 0. The Morgan fingerprint density at radius 2 is 2.31 bits per heavy atom. The summed E-state index contributed by atoms with van der Waals surface area (Å²) in [6.07, 6.45) is 3.44. The molecular formula is C11H10N4S. The number of nitrogens with one attached hydrogen (secondary N) is 2. The molecule has 0 aromatic carbocycles. The van der Waals surface area contributed by atoms with Gasteiger partial charge in [-0.05, 0) is 17.5 Å². The van der Waals surface area contributed by atoms with Gasteiger partial charge < -0.3 is 10.3 Å². The van der Waals surface area contributed by atoms with Crippen LogP contribution >= 0.6 is 11.3 Å². The molecule has 0 fully saturated rings. The predicted molar refractivity (Wildman–Crippen MR) is 65.5 cm³/mol. The predicted octanol–water partition coefficient (Wildman–Crippen LogP) is 2.63. The first kappa shape index (κ1) is 9.35. The Hall–Kier alpha value is -1.88. The van der Waals surface area contributed by atoms with Crippen LogP contribution in [0.25, 0.3) is 11.0 Å². The van der Waals surface area contributed by atoms with Gasteiger partial charge in [-0.2, -0.15) is 0 Å². The van der Waals surface area contributed by atoms with Gasteiger partial charge in [0, 0.05) is 11.1 Å². The van der Waals surface area contributed by atoms with Crippen molar-refractivity contribution in [3.8, 4) is 0 Å². The zero-order valence-corrected chi connectivity index (χ0v) is 9.29. The number of aromatic nitrogens is 3. The third-order valence-corrected chi connectivity index (χ3v) is 3.24. The van der Waals surface area contributed by atoms with E-state index in [9.17, 15) is 0 Å². The monoisotopic (exact) mass is 230 g/mol. The average Bonchev–Trinajstić information content (AvgIpc) is 2.97. The van der Waals surface area contributed by atoms with Crippen LogP contribution in [0.1, 0.15) is 4.88 Å². The van der Waals surface area contributed by atoms with Crippen LogP contribution in [0.5, 0.6) is 0 Å². The lowest BCUT2D eigenvalue weighted by atomic mass is 10.3. The molecule has 0 aliphatic carbocycles. The van der Waals surface area contributed by atoms with E-state index in [1.165, 1.54) is 4.88 Å². The molecule has 0 saturated heterocycles. The van der Waals surface area contributed by atoms with E-state index < -0.39 is 0 Å². The molecule has 3 rings (SSSR count). The smallest absolute Gasteiger partial charge is 0.142 e. The van der Waals surface area contributed by atoms with Crippen LogP contribution in [0.4, 0.5) is 5.82 Å². The molecule has 16 heavy (non-hydrogen) atoms. The van der Waals surface area contributed by atoms with E-state index in [1.54, 1.807) is 17.7 Å². The zero-order valence-electron chi connectivity index (χ0n) is 8.47. The van der Waals surface area contributed by atoms with Gasteiger partial charge in [-0.3, -0.25) is 0 Å². The second kappa shape index (κ2) is 3.94. The molecule has 0 atom stereocenters. The number of rotatable bonds is 3. The maximum absolute atomic E-state index is 4.24. The molecule has 2 N–H and O–H groups in total. The fraction of sp³-hybridized carbons (Fsp3) is 0.0909. The molecule has 0 spiro atoms. The minimum atomic E-state index is 0.801. The van der Waals surface area contributed by atoms with Crippen LogP contribution in [-0.4, -0.2) is 15.0 Å². The van der Waals surface area contributed by atoms with Crippen molar-refractivity contribution >= 4 is 28.2 Å². The molecule has 3 heterocycles. The van der Waals surface area contributed by atoms with Crippen molar-refractivity contribution in [2.75, 3.05) is 5.32 Å². The number of nitrogens with zero attached hydrogens (tertiary/aromatic N) is 2. The molecule has 0 aliphatic rings. The molecule has 5 heteroatoms. The fourth-order valence-corrected chi connectivity index (χ4v) is 2.24. The molecule has 0 unspecified atom stereocenters. The van der Waals surface area contributed by atoms with Gasteiger partial charge in [0.05, 0.1) is 11.9 Å². The van der Waals surface area contributed by atoms with Crippen LogP contribution in [-0.2, 0) is 6.54 Å². The number of anilines is 1. The van der Waals surface area contributed by atoms with Crippen molar-refractivity contribution < 1.29 is 0 Å². The number of aromatic amines is 1. The van der Waals surface area contributed by atoms with Gasteiger partial charge in [-0.25, -0.2) is 9.97 Å². The van der Waals surface area contributed by atoms with Gasteiger partial charge in [-0.1, -0.05) is 6.07 Å². The molecule has 0 bridgehead atoms. The minimum Gasteiger partial charge on any atom is -0.365 e. The fourth-order valence-electron chi connectivity index (χ4n) is 1.60. The summed E-state index contributed by atoms with van der Waals surface area (Å²) in [5, 5.41) is 6.41. The van der Waals surface area contributed by atoms with Crippen molar-refractivity contribution in [1.29, 1.82) is 0 Å². The van der Waals surface area contributed by atoms with E-state index in [1.807, 2.05) is 18.3 Å². The summed E-state index contributed by atoms with van der Waals surface area (Å²) in [6.45, 7) is 0.801. The molecule has 4 nitrogen and oxygen atoms in total. The van der Waals surface area contributed by atoms with E-state index in [0.717, 1.165) is 23.4 Å². The number of thiophene rings is 1. The molecule has 0 saturated carbocycles. The standard InChI is InChI=1S/C11H10N4S/c1-2-8(16-5-1)6-13-11-9-3-4-12-10(9)14-7-15-11/h1-5,7H,6H2,(H2,12,13,14,15). The van der Waals surface area contributed by atoms with Crippen molar-refractivity contribution in [1.82, 2.24) is 15.0 Å². The Morgan fingerprint density at radius 3 is 3.19 bits per heavy atom. The maximum Gasteiger partial charge on any atom is 0.142 e. The number of hydrogen-bond acceptors (Lipinski definition) is 4. The Balaban J connectivity index is 1.86. The highest BCUT2D eigenvalue weighted by molar-refractivity contribution is 7.09. The highest BCUT2D eigenvalue weighted by Crippen LogP contribution is 2.19. The van der Waals surface area contributed by atoms with Gasteiger partial charge in [0.1, 0.15) is 17.8 Å². The normalized spacial score (nSPS) is 10.8. The highest BCUT2D eigenvalue weighted by Gasteiger charge is 2.03. The van der Waals surface area contributed by atoms with E-state index in [2.05, 4.69) is 31.7 Å². The molecule has 3 aromatic rings. The van der Waals surface area contributed by atoms with Crippen molar-refractivity contribution in [2.45, 2.75) is 6.54 Å². The Kier molecular flexibility index (Phi) is 2.30. The lowest BCUT2D eigenvalue weighted by Crippen LogP contribution is -2.00. The largest absolute Gasteiger partial charge is 0.365 e. The van der Waals surface area contributed by atoms with Crippen molar-refractivity contribution in [3.05, 3.63) is 41.0 Å². The van der Waals surface area contributed by atoms with E-state index in [-0.39, 0.29) is 0 Å². The van der Waals surface area contributed by atoms with Gasteiger partial charge in [0.15, 0.2) is 0 Å². The van der Waals surface area contributed by atoms with E-state index in [4.69, 9.17) is 0 Å². The first-order valence-electron chi connectivity index (χ1n) is 4.98. The SMILES string of the molecule is c1csc(CNc2ncnc3[nH]ccc23)c1. The third kappa shape index (κ3) is 1.65. The Bertz CT molecular complexity index is 585. The van der Waals surface area contributed by atoms with E-state index >= 15 is 0 Å².